The number of phosphoric ester groups is 1. The van der Waals surface area contributed by atoms with Gasteiger partial charge in [-0.3, -0.25) is 13.8 Å². The molecule has 0 aromatic carbocycles. The van der Waals surface area contributed by atoms with Crippen molar-refractivity contribution in [3.63, 3.8) is 0 Å². The molecule has 4 atom stereocenters. The number of esters is 1. The monoisotopic (exact) mass is 744 g/mol. The van der Waals surface area contributed by atoms with Gasteiger partial charge in [0.25, 0.3) is 0 Å². The third-order valence-corrected chi connectivity index (χ3v) is 10.3. The summed E-state index contributed by atoms with van der Waals surface area (Å²) in [5, 5.41) is 0. The highest BCUT2D eigenvalue weighted by atomic mass is 31.2. The first-order chi connectivity index (χ1) is 24.9. The number of hydrogen-bond donors (Lipinski definition) is 2. The van der Waals surface area contributed by atoms with Crippen molar-refractivity contribution in [2.45, 2.75) is 206 Å². The zero-order valence-corrected chi connectivity index (χ0v) is 33.7. The molecular weight excluding hydrogens is 665 g/mol. The van der Waals surface area contributed by atoms with Gasteiger partial charge in [-0.15, -0.1) is 0 Å². The van der Waals surface area contributed by atoms with Gasteiger partial charge in [-0.25, -0.2) is 4.57 Å². The van der Waals surface area contributed by atoms with Gasteiger partial charge >= 0.3 is 13.8 Å². The molecule has 1 aliphatic heterocycles. The van der Waals surface area contributed by atoms with Crippen LogP contribution in [0.3, 0.4) is 0 Å². The molecule has 0 aliphatic carbocycles. The second-order valence-corrected chi connectivity index (χ2v) is 15.8. The Morgan fingerprint density at radius 2 is 1.25 bits per heavy atom. The van der Waals surface area contributed by atoms with Crippen molar-refractivity contribution in [2.75, 3.05) is 26.4 Å². The molecule has 3 N–H and O–H groups in total. The Kier molecular flexibility index (Phi) is 32.4. The van der Waals surface area contributed by atoms with Crippen LogP contribution < -0.4 is 5.73 Å². The number of carbonyl (C=O) groups excluding carboxylic acids is 1. The van der Waals surface area contributed by atoms with Gasteiger partial charge in [0.2, 0.25) is 0 Å². The van der Waals surface area contributed by atoms with Crippen molar-refractivity contribution >= 4 is 13.8 Å². The fraction of sp³-hybridized carbons (Fsp3) is 0.878. The van der Waals surface area contributed by atoms with Crippen LogP contribution in [0.25, 0.3) is 0 Å². The highest BCUT2D eigenvalue weighted by Gasteiger charge is 2.36. The van der Waals surface area contributed by atoms with E-state index in [2.05, 4.69) is 26.0 Å². The smallest absolute Gasteiger partial charge is 0.472 e. The highest BCUT2D eigenvalue weighted by molar-refractivity contribution is 7.47. The van der Waals surface area contributed by atoms with Crippen molar-refractivity contribution in [1.29, 1.82) is 0 Å². The second kappa shape index (κ2) is 34.5. The Labute approximate surface area is 312 Å². The van der Waals surface area contributed by atoms with E-state index >= 15 is 0 Å². The summed E-state index contributed by atoms with van der Waals surface area (Å²) in [5.74, 6) is -0.369. The minimum absolute atomic E-state index is 0.0246. The summed E-state index contributed by atoms with van der Waals surface area (Å²) in [6.45, 7) is 4.19. The van der Waals surface area contributed by atoms with Crippen molar-refractivity contribution in [1.82, 2.24) is 0 Å². The summed E-state index contributed by atoms with van der Waals surface area (Å²) in [4.78, 5) is 22.4. The molecule has 9 nitrogen and oxygen atoms in total. The maximum Gasteiger partial charge on any atom is 0.472 e. The summed E-state index contributed by atoms with van der Waals surface area (Å²) in [5.41, 5.74) is 5.36. The quantitative estimate of drug-likeness (QED) is 0.0158. The van der Waals surface area contributed by atoms with Crippen LogP contribution in [-0.2, 0) is 32.6 Å². The molecule has 3 unspecified atom stereocenters. The summed E-state index contributed by atoms with van der Waals surface area (Å²) in [6, 6.07) is 0. The number of allylic oxidation sites excluding steroid dienone is 2. The van der Waals surface area contributed by atoms with Gasteiger partial charge in [0.15, 0.2) is 6.10 Å². The SMILES string of the molecule is CCCCC/C=C\CC1OC1CCCCCCCC(=O)O[C@H](CO/C=C/CCCCCCCCCCCCCCCC)COP(=O)(O)OCCN. The normalized spacial score (nSPS) is 17.6. The van der Waals surface area contributed by atoms with E-state index < -0.39 is 13.9 Å². The third kappa shape index (κ3) is 32.0. The summed E-state index contributed by atoms with van der Waals surface area (Å²) in [6.07, 6.45) is 40.2. The average molecular weight is 744 g/mol. The Morgan fingerprint density at radius 1 is 0.706 bits per heavy atom. The zero-order valence-electron chi connectivity index (χ0n) is 32.8. The minimum Gasteiger partial charge on any atom is -0.498 e. The molecule has 51 heavy (non-hydrogen) atoms. The van der Waals surface area contributed by atoms with Gasteiger partial charge in [-0.05, 0) is 51.0 Å². The number of nitrogens with two attached hydrogens (primary N) is 1. The number of phosphoric acid groups is 1. The van der Waals surface area contributed by atoms with Crippen molar-refractivity contribution < 1.29 is 37.5 Å². The van der Waals surface area contributed by atoms with Gasteiger partial charge in [-0.1, -0.05) is 148 Å². The number of ether oxygens (including phenoxy) is 3. The van der Waals surface area contributed by atoms with E-state index in [0.717, 1.165) is 57.8 Å². The highest BCUT2D eigenvalue weighted by Crippen LogP contribution is 2.43. The molecule has 0 aromatic rings. The van der Waals surface area contributed by atoms with Crippen LogP contribution in [0, 0.1) is 0 Å². The molecule has 0 spiro atoms. The lowest BCUT2D eigenvalue weighted by atomic mass is 10.0. The van der Waals surface area contributed by atoms with Crippen LogP contribution in [0.5, 0.6) is 0 Å². The Balaban J connectivity index is 2.16. The predicted octanol–water partition coefficient (Wildman–Crippen LogP) is 11.4. The van der Waals surface area contributed by atoms with Crippen LogP contribution in [0.2, 0.25) is 0 Å². The Hall–Kier alpha value is -1.22. The van der Waals surface area contributed by atoms with E-state index in [4.69, 9.17) is 29.0 Å². The molecule has 0 amide bonds. The van der Waals surface area contributed by atoms with Gasteiger partial charge in [0.1, 0.15) is 6.61 Å². The second-order valence-electron chi connectivity index (χ2n) is 14.3. The Morgan fingerprint density at radius 3 is 1.90 bits per heavy atom. The van der Waals surface area contributed by atoms with Gasteiger partial charge in [0.05, 0.1) is 31.7 Å². The minimum atomic E-state index is -4.30. The van der Waals surface area contributed by atoms with Crippen LogP contribution >= 0.6 is 7.82 Å². The first-order valence-electron chi connectivity index (χ1n) is 21.0. The molecule has 0 saturated carbocycles. The molecule has 0 radical (unpaired) electrons. The fourth-order valence-electron chi connectivity index (χ4n) is 6.15. The molecule has 0 aromatic heterocycles. The van der Waals surface area contributed by atoms with E-state index in [9.17, 15) is 14.3 Å². The van der Waals surface area contributed by atoms with E-state index in [1.165, 1.54) is 109 Å². The van der Waals surface area contributed by atoms with Gasteiger partial charge in [-0.2, -0.15) is 0 Å². The largest absolute Gasteiger partial charge is 0.498 e. The summed E-state index contributed by atoms with van der Waals surface area (Å²) in [7, 11) is -4.30. The molecule has 1 rings (SSSR count). The van der Waals surface area contributed by atoms with Crippen LogP contribution in [-0.4, -0.2) is 55.5 Å². The number of carbonyl (C=O) groups is 1. The van der Waals surface area contributed by atoms with Crippen molar-refractivity contribution in [2.24, 2.45) is 5.73 Å². The molecule has 0 bridgehead atoms. The molecule has 10 heteroatoms. The molecule has 1 saturated heterocycles. The maximum absolute atomic E-state index is 12.6. The molecular formula is C41H78NO8P. The molecule has 300 valence electrons. The fourth-order valence-corrected chi connectivity index (χ4v) is 6.91. The average Bonchev–Trinajstić information content (AvgIpc) is 3.87. The van der Waals surface area contributed by atoms with Gasteiger partial charge < -0.3 is 24.8 Å². The first-order valence-corrected chi connectivity index (χ1v) is 22.5. The standard InChI is InChI=1S/C41H78NO8P/c1-3-5-7-9-11-12-13-14-15-16-17-18-19-20-25-29-34-46-36-38(37-48-51(44,45)47-35-33-42)49-41(43)32-28-24-21-23-27-31-40-39(50-40)30-26-22-10-8-6-4-2/h22,26,29,34,38-40H,3-21,23-25,27-28,30-33,35-37,42H2,1-2H3,(H,44,45)/b26-22-,34-29+/t38-,39?,40?/m1/s1. The lowest BCUT2D eigenvalue weighted by Gasteiger charge is -2.19. The van der Waals surface area contributed by atoms with E-state index in [1.807, 2.05) is 6.08 Å². The molecule has 1 fully saturated rings. The van der Waals surface area contributed by atoms with E-state index in [0.29, 0.717) is 12.2 Å². The number of hydrogen-bond acceptors (Lipinski definition) is 8. The number of rotatable bonds is 39. The molecule has 1 aliphatic rings. The van der Waals surface area contributed by atoms with Crippen molar-refractivity contribution in [3.05, 3.63) is 24.5 Å². The summed E-state index contributed by atoms with van der Waals surface area (Å²) >= 11 is 0. The lowest BCUT2D eigenvalue weighted by molar-refractivity contribution is -0.153. The van der Waals surface area contributed by atoms with Gasteiger partial charge in [0, 0.05) is 13.0 Å². The predicted molar refractivity (Wildman–Crippen MR) is 210 cm³/mol. The van der Waals surface area contributed by atoms with Crippen LogP contribution in [0.4, 0.5) is 0 Å². The lowest BCUT2D eigenvalue weighted by Crippen LogP contribution is -2.27. The molecule has 1 heterocycles. The zero-order chi connectivity index (χ0) is 37.1. The number of epoxide rings is 1. The van der Waals surface area contributed by atoms with Crippen molar-refractivity contribution in [3.8, 4) is 0 Å². The van der Waals surface area contributed by atoms with Crippen LogP contribution in [0.1, 0.15) is 187 Å². The van der Waals surface area contributed by atoms with Crippen LogP contribution in [0.15, 0.2) is 24.5 Å². The summed E-state index contributed by atoms with van der Waals surface area (Å²) < 4.78 is 39.0. The third-order valence-electron chi connectivity index (χ3n) is 9.36. The maximum atomic E-state index is 12.6. The first kappa shape index (κ1) is 47.8. The number of unbranched alkanes of at least 4 members (excludes halogenated alkanes) is 21. The van der Waals surface area contributed by atoms with E-state index in [-0.39, 0.29) is 38.8 Å². The van der Waals surface area contributed by atoms with E-state index in [1.54, 1.807) is 6.26 Å². The Bertz CT molecular complexity index is 901. The topological polar surface area (TPSA) is 130 Å².